The third kappa shape index (κ3) is 6.70. The van der Waals surface area contributed by atoms with Crippen molar-refractivity contribution in [2.45, 2.75) is 0 Å². The molecule has 0 amide bonds. The number of fused-ring (bicyclic) bond motifs is 6. The zero-order chi connectivity index (χ0) is 42.4. The molecule has 0 aliphatic carbocycles. The van der Waals surface area contributed by atoms with E-state index in [1.165, 1.54) is 82.3 Å². The van der Waals surface area contributed by atoms with Crippen molar-refractivity contribution in [2.24, 2.45) is 0 Å². The van der Waals surface area contributed by atoms with Gasteiger partial charge in [0.05, 0.1) is 11.0 Å². The Kier molecular flexibility index (Phi) is 9.20. The summed E-state index contributed by atoms with van der Waals surface area (Å²) < 4.78 is 2.44. The standard InChI is InChI=1S/C62H42N2/c1-4-14-43(15-5-1)52-39-53(44-16-6-2-7-17-44)41-57(40-52)63(55-32-26-46(27-33-55)50-25-24-45-18-10-11-20-49(45)38-50)56-34-28-47(29-35-56)51-31-36-59-60-37-30-48-19-12-13-23-58(48)62(60)64(61(59)42-51)54-21-8-3-9-22-54/h1-42H. The van der Waals surface area contributed by atoms with Crippen molar-refractivity contribution >= 4 is 60.4 Å². The zero-order valence-electron chi connectivity index (χ0n) is 35.1. The van der Waals surface area contributed by atoms with Crippen molar-refractivity contribution in [1.82, 2.24) is 4.57 Å². The van der Waals surface area contributed by atoms with E-state index in [0.29, 0.717) is 0 Å². The summed E-state index contributed by atoms with van der Waals surface area (Å²) in [5.41, 5.74) is 16.3. The van der Waals surface area contributed by atoms with Crippen LogP contribution in [0.15, 0.2) is 255 Å². The molecule has 0 radical (unpaired) electrons. The molecular weight excluding hydrogens is 773 g/mol. The molecule has 0 aliphatic rings. The van der Waals surface area contributed by atoms with Gasteiger partial charge in [-0.15, -0.1) is 0 Å². The van der Waals surface area contributed by atoms with E-state index in [9.17, 15) is 0 Å². The van der Waals surface area contributed by atoms with E-state index in [1.807, 2.05) is 0 Å². The second kappa shape index (κ2) is 15.8. The van der Waals surface area contributed by atoms with E-state index in [0.717, 1.165) is 28.3 Å². The number of hydrogen-bond donors (Lipinski definition) is 0. The first-order valence-corrected chi connectivity index (χ1v) is 22.0. The van der Waals surface area contributed by atoms with E-state index < -0.39 is 0 Å². The topological polar surface area (TPSA) is 8.17 Å². The minimum Gasteiger partial charge on any atom is -0.310 e. The number of para-hydroxylation sites is 1. The maximum Gasteiger partial charge on any atom is 0.0619 e. The molecule has 0 bridgehead atoms. The SMILES string of the molecule is c1ccc(-c2cc(-c3ccccc3)cc(N(c3ccc(-c4ccc5ccccc5c4)cc3)c3ccc(-c4ccc5c6ccc7ccccc7c6n(-c6ccccc6)c5c4)cc3)c2)cc1. The third-order valence-electron chi connectivity index (χ3n) is 12.7. The van der Waals surface area contributed by atoms with Gasteiger partial charge in [-0.05, 0) is 127 Å². The first-order chi connectivity index (χ1) is 31.7. The molecule has 2 nitrogen and oxygen atoms in total. The van der Waals surface area contributed by atoms with E-state index in [-0.39, 0.29) is 0 Å². The van der Waals surface area contributed by atoms with Gasteiger partial charge >= 0.3 is 0 Å². The minimum atomic E-state index is 1.08. The fraction of sp³-hybridized carbons (Fsp3) is 0. The van der Waals surface area contributed by atoms with Crippen LogP contribution in [0.5, 0.6) is 0 Å². The summed E-state index contributed by atoms with van der Waals surface area (Å²) in [6.07, 6.45) is 0. The predicted octanol–water partition coefficient (Wildman–Crippen LogP) is 17.2. The number of rotatable bonds is 8. The molecule has 300 valence electrons. The Hall–Kier alpha value is -8.46. The Morgan fingerprint density at radius 3 is 1.36 bits per heavy atom. The zero-order valence-corrected chi connectivity index (χ0v) is 35.1. The van der Waals surface area contributed by atoms with Gasteiger partial charge in [0.25, 0.3) is 0 Å². The van der Waals surface area contributed by atoms with Gasteiger partial charge in [-0.3, -0.25) is 0 Å². The van der Waals surface area contributed by atoms with Gasteiger partial charge in [0.2, 0.25) is 0 Å². The quantitative estimate of drug-likeness (QED) is 0.148. The fourth-order valence-corrected chi connectivity index (χ4v) is 9.56. The Bertz CT molecular complexity index is 3570. The van der Waals surface area contributed by atoms with Crippen LogP contribution in [0.1, 0.15) is 0 Å². The van der Waals surface area contributed by atoms with Crippen molar-refractivity contribution in [3.05, 3.63) is 255 Å². The Morgan fingerprint density at radius 1 is 0.250 bits per heavy atom. The molecule has 12 aromatic rings. The van der Waals surface area contributed by atoms with Crippen LogP contribution in [0.2, 0.25) is 0 Å². The highest BCUT2D eigenvalue weighted by molar-refractivity contribution is 6.19. The predicted molar refractivity (Wildman–Crippen MR) is 272 cm³/mol. The van der Waals surface area contributed by atoms with E-state index in [2.05, 4.69) is 264 Å². The van der Waals surface area contributed by atoms with Gasteiger partial charge in [0.1, 0.15) is 0 Å². The third-order valence-corrected chi connectivity index (χ3v) is 12.7. The largest absolute Gasteiger partial charge is 0.310 e. The smallest absolute Gasteiger partial charge is 0.0619 e. The van der Waals surface area contributed by atoms with Crippen LogP contribution in [0.3, 0.4) is 0 Å². The summed E-state index contributed by atoms with van der Waals surface area (Å²) in [6.45, 7) is 0. The van der Waals surface area contributed by atoms with Crippen LogP contribution in [0.4, 0.5) is 17.1 Å². The molecule has 12 rings (SSSR count). The molecule has 2 heteroatoms. The molecule has 0 fully saturated rings. The molecule has 0 saturated heterocycles. The molecule has 11 aromatic carbocycles. The summed E-state index contributed by atoms with van der Waals surface area (Å²) in [5.74, 6) is 0. The average molecular weight is 815 g/mol. The van der Waals surface area contributed by atoms with Crippen LogP contribution in [0, 0.1) is 0 Å². The molecule has 0 N–H and O–H groups in total. The van der Waals surface area contributed by atoms with Crippen molar-refractivity contribution in [1.29, 1.82) is 0 Å². The van der Waals surface area contributed by atoms with Crippen molar-refractivity contribution in [3.63, 3.8) is 0 Å². The number of anilines is 3. The second-order valence-electron chi connectivity index (χ2n) is 16.6. The fourth-order valence-electron chi connectivity index (χ4n) is 9.56. The first-order valence-electron chi connectivity index (χ1n) is 22.0. The maximum atomic E-state index is 2.44. The molecule has 0 saturated carbocycles. The van der Waals surface area contributed by atoms with Gasteiger partial charge in [-0.2, -0.15) is 0 Å². The van der Waals surface area contributed by atoms with Crippen molar-refractivity contribution < 1.29 is 0 Å². The second-order valence-corrected chi connectivity index (χ2v) is 16.6. The first kappa shape index (κ1) is 37.3. The number of hydrogen-bond acceptors (Lipinski definition) is 1. The van der Waals surface area contributed by atoms with Gasteiger partial charge in [0.15, 0.2) is 0 Å². The summed E-state index contributed by atoms with van der Waals surface area (Å²) in [4.78, 5) is 2.40. The lowest BCUT2D eigenvalue weighted by atomic mass is 9.97. The Balaban J connectivity index is 0.998. The molecule has 0 unspecified atom stereocenters. The number of aromatic nitrogens is 1. The van der Waals surface area contributed by atoms with Crippen LogP contribution in [-0.4, -0.2) is 4.57 Å². The summed E-state index contributed by atoms with van der Waals surface area (Å²) in [6, 6.07) is 92.7. The van der Waals surface area contributed by atoms with Gasteiger partial charge in [-0.1, -0.05) is 188 Å². The van der Waals surface area contributed by atoms with Gasteiger partial charge in [0, 0.05) is 38.9 Å². The summed E-state index contributed by atoms with van der Waals surface area (Å²) in [7, 11) is 0. The summed E-state index contributed by atoms with van der Waals surface area (Å²) in [5, 5.41) is 7.49. The van der Waals surface area contributed by atoms with Crippen LogP contribution < -0.4 is 4.90 Å². The molecule has 1 aromatic heterocycles. The monoisotopic (exact) mass is 814 g/mol. The Morgan fingerprint density at radius 2 is 0.719 bits per heavy atom. The van der Waals surface area contributed by atoms with E-state index in [1.54, 1.807) is 0 Å². The average Bonchev–Trinajstić information content (AvgIpc) is 3.72. The van der Waals surface area contributed by atoms with E-state index >= 15 is 0 Å². The highest BCUT2D eigenvalue weighted by Crippen LogP contribution is 2.42. The normalized spacial score (nSPS) is 11.4. The highest BCUT2D eigenvalue weighted by atomic mass is 15.1. The summed E-state index contributed by atoms with van der Waals surface area (Å²) >= 11 is 0. The molecule has 0 aliphatic heterocycles. The lowest BCUT2D eigenvalue weighted by molar-refractivity contribution is 1.19. The number of benzene rings is 11. The van der Waals surface area contributed by atoms with Crippen molar-refractivity contribution in [2.75, 3.05) is 4.90 Å². The molecular formula is C62H42N2. The molecule has 0 atom stereocenters. The minimum absolute atomic E-state index is 1.08. The van der Waals surface area contributed by atoms with E-state index in [4.69, 9.17) is 0 Å². The molecule has 64 heavy (non-hydrogen) atoms. The van der Waals surface area contributed by atoms with Crippen LogP contribution in [0.25, 0.3) is 93.5 Å². The maximum absolute atomic E-state index is 2.44. The molecule has 1 heterocycles. The lowest BCUT2D eigenvalue weighted by Gasteiger charge is -2.27. The Labute approximate surface area is 373 Å². The molecule has 0 spiro atoms. The van der Waals surface area contributed by atoms with Crippen LogP contribution in [-0.2, 0) is 0 Å². The number of nitrogens with zero attached hydrogens (tertiary/aromatic N) is 2. The lowest BCUT2D eigenvalue weighted by Crippen LogP contribution is -2.10. The van der Waals surface area contributed by atoms with Crippen LogP contribution >= 0.6 is 0 Å². The van der Waals surface area contributed by atoms with Gasteiger partial charge in [-0.25, -0.2) is 0 Å². The van der Waals surface area contributed by atoms with Crippen molar-refractivity contribution in [3.8, 4) is 50.2 Å². The highest BCUT2D eigenvalue weighted by Gasteiger charge is 2.19. The van der Waals surface area contributed by atoms with Gasteiger partial charge < -0.3 is 9.47 Å².